The molecule has 0 radical (unpaired) electrons. The second-order valence-corrected chi connectivity index (χ2v) is 9.68. The van der Waals surface area contributed by atoms with Gasteiger partial charge in [0.2, 0.25) is 10.0 Å². The quantitative estimate of drug-likeness (QED) is 0.652. The van der Waals surface area contributed by atoms with E-state index in [-0.39, 0.29) is 23.3 Å². The van der Waals surface area contributed by atoms with Gasteiger partial charge in [0, 0.05) is 19.0 Å². The van der Waals surface area contributed by atoms with Gasteiger partial charge in [0.15, 0.2) is 6.61 Å². The first-order valence-electron chi connectivity index (χ1n) is 10.2. The second kappa shape index (κ2) is 7.82. The summed E-state index contributed by atoms with van der Waals surface area (Å²) in [6, 6.07) is 14.5. The molecular weight excluding hydrogens is 416 g/mol. The van der Waals surface area contributed by atoms with Crippen LogP contribution < -0.4 is 10.1 Å². The first-order chi connectivity index (χ1) is 15.0. The Kier molecular flexibility index (Phi) is 4.99. The Morgan fingerprint density at radius 1 is 1.13 bits per heavy atom. The molecule has 31 heavy (non-hydrogen) atoms. The number of aromatic nitrogens is 2. The number of aromatic amines is 1. The summed E-state index contributed by atoms with van der Waals surface area (Å²) in [7, 11) is -3.71. The van der Waals surface area contributed by atoms with Crippen LogP contribution in [0.1, 0.15) is 24.6 Å². The average molecular weight is 439 g/mol. The maximum atomic E-state index is 13.3. The minimum atomic E-state index is -3.71. The number of hydrogen-bond donors (Lipinski definition) is 2. The lowest BCUT2D eigenvalue weighted by atomic mass is 9.99. The molecule has 0 unspecified atom stereocenters. The SMILES string of the molecule is O=C1COc2ccc(S(=O)(=O)N3CCC[C@H](c4ncc(-c5ccccc5)[nH]4)C3)cc2N1. The third-order valence-corrected chi connectivity index (χ3v) is 7.53. The van der Waals surface area contributed by atoms with Gasteiger partial charge in [-0.2, -0.15) is 4.31 Å². The van der Waals surface area contributed by atoms with Gasteiger partial charge in [-0.25, -0.2) is 13.4 Å². The van der Waals surface area contributed by atoms with Crippen LogP contribution in [-0.4, -0.2) is 48.3 Å². The summed E-state index contributed by atoms with van der Waals surface area (Å²) >= 11 is 0. The highest BCUT2D eigenvalue weighted by molar-refractivity contribution is 7.89. The molecule has 2 aliphatic rings. The van der Waals surface area contributed by atoms with E-state index < -0.39 is 10.0 Å². The minimum absolute atomic E-state index is 0.0124. The van der Waals surface area contributed by atoms with Gasteiger partial charge in [-0.1, -0.05) is 30.3 Å². The predicted octanol–water partition coefficient (Wildman–Crippen LogP) is 2.98. The average Bonchev–Trinajstić information content (AvgIpc) is 3.30. The summed E-state index contributed by atoms with van der Waals surface area (Å²) < 4.78 is 33.4. The lowest BCUT2D eigenvalue weighted by molar-refractivity contribution is -0.118. The number of fused-ring (bicyclic) bond motifs is 1. The van der Waals surface area contributed by atoms with E-state index in [1.807, 2.05) is 30.3 Å². The standard InChI is InChI=1S/C22H22N4O4S/c27-21-14-30-20-9-8-17(11-18(20)24-21)31(28,29)26-10-4-7-16(13-26)22-23-12-19(25-22)15-5-2-1-3-6-15/h1-3,5-6,8-9,11-12,16H,4,7,10,13-14H2,(H,23,25)(H,24,27)/t16-/m0/s1. The normalized spacial score (nSPS) is 19.4. The number of benzene rings is 2. The highest BCUT2D eigenvalue weighted by atomic mass is 32.2. The fraction of sp³-hybridized carbons (Fsp3) is 0.273. The van der Waals surface area contributed by atoms with Crippen LogP contribution in [0, 0.1) is 0 Å². The van der Waals surface area contributed by atoms with Gasteiger partial charge in [-0.15, -0.1) is 0 Å². The molecule has 3 aromatic rings. The maximum Gasteiger partial charge on any atom is 0.262 e. The molecule has 1 aromatic heterocycles. The van der Waals surface area contributed by atoms with Crippen molar-refractivity contribution >= 4 is 21.6 Å². The first kappa shape index (κ1) is 19.8. The Balaban J connectivity index is 1.37. The molecule has 0 aliphatic carbocycles. The summed E-state index contributed by atoms with van der Waals surface area (Å²) in [5.74, 6) is 0.956. The lowest BCUT2D eigenvalue weighted by Gasteiger charge is -2.31. The molecule has 1 saturated heterocycles. The molecule has 1 fully saturated rings. The molecule has 0 bridgehead atoms. The van der Waals surface area contributed by atoms with Crippen molar-refractivity contribution in [1.82, 2.24) is 14.3 Å². The molecule has 2 aliphatic heterocycles. The van der Waals surface area contributed by atoms with E-state index in [2.05, 4.69) is 15.3 Å². The van der Waals surface area contributed by atoms with Gasteiger partial charge in [0.1, 0.15) is 11.6 Å². The molecular formula is C22H22N4O4S. The predicted molar refractivity (Wildman–Crippen MR) is 115 cm³/mol. The van der Waals surface area contributed by atoms with Gasteiger partial charge < -0.3 is 15.0 Å². The van der Waals surface area contributed by atoms with Gasteiger partial charge in [0.25, 0.3) is 5.91 Å². The van der Waals surface area contributed by atoms with Crippen molar-refractivity contribution in [1.29, 1.82) is 0 Å². The van der Waals surface area contributed by atoms with Gasteiger partial charge >= 0.3 is 0 Å². The lowest BCUT2D eigenvalue weighted by Crippen LogP contribution is -2.39. The summed E-state index contributed by atoms with van der Waals surface area (Å²) in [6.07, 6.45) is 3.40. The Labute approximate surface area is 180 Å². The fourth-order valence-electron chi connectivity index (χ4n) is 4.06. The van der Waals surface area contributed by atoms with Crippen molar-refractivity contribution in [3.63, 3.8) is 0 Å². The van der Waals surface area contributed by atoms with Crippen LogP contribution in [0.15, 0.2) is 59.6 Å². The molecule has 0 spiro atoms. The number of carbonyl (C=O) groups excluding carboxylic acids is 1. The second-order valence-electron chi connectivity index (χ2n) is 7.75. The Morgan fingerprint density at radius 2 is 1.97 bits per heavy atom. The number of amides is 1. The van der Waals surface area contributed by atoms with Crippen molar-refractivity contribution in [3.8, 4) is 17.0 Å². The monoisotopic (exact) mass is 438 g/mol. The van der Waals surface area contributed by atoms with E-state index in [9.17, 15) is 13.2 Å². The van der Waals surface area contributed by atoms with E-state index in [0.717, 1.165) is 29.9 Å². The summed E-state index contributed by atoms with van der Waals surface area (Å²) in [5, 5.41) is 2.67. The molecule has 1 atom stereocenters. The van der Waals surface area contributed by atoms with Crippen molar-refractivity contribution in [3.05, 3.63) is 60.6 Å². The number of carbonyl (C=O) groups is 1. The number of sulfonamides is 1. The number of rotatable bonds is 4. The van der Waals surface area contributed by atoms with E-state index in [4.69, 9.17) is 4.74 Å². The van der Waals surface area contributed by atoms with Gasteiger partial charge in [0.05, 0.1) is 22.5 Å². The van der Waals surface area contributed by atoms with E-state index in [1.54, 1.807) is 12.3 Å². The Morgan fingerprint density at radius 3 is 2.81 bits per heavy atom. The molecule has 9 heteroatoms. The molecule has 0 saturated carbocycles. The van der Waals surface area contributed by atoms with Crippen molar-refractivity contribution in [2.45, 2.75) is 23.7 Å². The highest BCUT2D eigenvalue weighted by Crippen LogP contribution is 2.34. The van der Waals surface area contributed by atoms with Crippen molar-refractivity contribution in [2.75, 3.05) is 25.0 Å². The van der Waals surface area contributed by atoms with Crippen molar-refractivity contribution < 1.29 is 17.9 Å². The summed E-state index contributed by atoms with van der Waals surface area (Å²) in [6.45, 7) is 0.732. The third-order valence-electron chi connectivity index (χ3n) is 5.67. The fourth-order valence-corrected chi connectivity index (χ4v) is 5.61. The van der Waals surface area contributed by atoms with E-state index >= 15 is 0 Å². The summed E-state index contributed by atoms with van der Waals surface area (Å²) in [4.78, 5) is 19.6. The van der Waals surface area contributed by atoms with Gasteiger partial charge in [-0.3, -0.25) is 4.79 Å². The van der Waals surface area contributed by atoms with E-state index in [1.165, 1.54) is 16.4 Å². The molecule has 8 nitrogen and oxygen atoms in total. The van der Waals surface area contributed by atoms with Crippen LogP contribution in [0.3, 0.4) is 0 Å². The molecule has 2 aromatic carbocycles. The molecule has 1 amide bonds. The molecule has 3 heterocycles. The van der Waals surface area contributed by atoms with Crippen LogP contribution in [0.25, 0.3) is 11.3 Å². The Bertz CT molecular complexity index is 1220. The Hall–Kier alpha value is -3.17. The first-order valence-corrected chi connectivity index (χ1v) is 11.6. The van der Waals surface area contributed by atoms with Gasteiger partial charge in [-0.05, 0) is 36.6 Å². The molecule has 5 rings (SSSR count). The maximum absolute atomic E-state index is 13.3. The molecule has 2 N–H and O–H groups in total. The topological polar surface area (TPSA) is 104 Å². The zero-order valence-corrected chi connectivity index (χ0v) is 17.6. The van der Waals surface area contributed by atoms with Crippen LogP contribution in [0.5, 0.6) is 5.75 Å². The number of anilines is 1. The van der Waals surface area contributed by atoms with Crippen LogP contribution in [0.4, 0.5) is 5.69 Å². The zero-order valence-electron chi connectivity index (χ0n) is 16.7. The zero-order chi connectivity index (χ0) is 21.4. The van der Waals surface area contributed by atoms with Crippen LogP contribution >= 0.6 is 0 Å². The smallest absolute Gasteiger partial charge is 0.262 e. The van der Waals surface area contributed by atoms with Crippen molar-refractivity contribution in [2.24, 2.45) is 0 Å². The number of hydrogen-bond acceptors (Lipinski definition) is 5. The molecule has 160 valence electrons. The highest BCUT2D eigenvalue weighted by Gasteiger charge is 2.33. The number of nitrogens with zero attached hydrogens (tertiary/aromatic N) is 2. The number of imidazole rings is 1. The number of ether oxygens (including phenoxy) is 1. The van der Waals surface area contributed by atoms with Crippen LogP contribution in [0.2, 0.25) is 0 Å². The van der Waals surface area contributed by atoms with E-state index in [0.29, 0.717) is 24.5 Å². The number of H-pyrrole nitrogens is 1. The largest absolute Gasteiger partial charge is 0.482 e. The summed E-state index contributed by atoms with van der Waals surface area (Å²) in [5.41, 5.74) is 2.34. The number of piperidine rings is 1. The third kappa shape index (κ3) is 3.82. The minimum Gasteiger partial charge on any atom is -0.482 e. The van der Waals surface area contributed by atoms with Crippen LogP contribution in [-0.2, 0) is 14.8 Å². The number of nitrogens with one attached hydrogen (secondary N) is 2.